The molecule has 1 aliphatic rings. The number of alkyl carbamates (subject to hydrolysis) is 1. The number of carbonyl (C=O) groups is 2. The molecule has 1 aromatic carbocycles. The lowest BCUT2D eigenvalue weighted by Crippen LogP contribution is -2.43. The highest BCUT2D eigenvalue weighted by molar-refractivity contribution is 7.92. The average Bonchev–Trinajstić information content (AvgIpc) is 3.25. The topological polar surface area (TPSA) is 91.7 Å². The molecule has 3 rings (SSSR count). The molecule has 174 valence electrons. The van der Waals surface area contributed by atoms with Crippen molar-refractivity contribution in [1.29, 1.82) is 0 Å². The smallest absolute Gasteiger partial charge is 0.407 e. The van der Waals surface area contributed by atoms with E-state index in [1.807, 2.05) is 31.2 Å². The van der Waals surface area contributed by atoms with Crippen molar-refractivity contribution in [2.24, 2.45) is 0 Å². The van der Waals surface area contributed by atoms with Gasteiger partial charge in [-0.25, -0.2) is 13.8 Å². The highest BCUT2D eigenvalue weighted by atomic mass is 32.2. The van der Waals surface area contributed by atoms with E-state index >= 15 is 0 Å². The van der Waals surface area contributed by atoms with E-state index < -0.39 is 6.09 Å². The first-order chi connectivity index (χ1) is 15.6. The highest BCUT2D eigenvalue weighted by Crippen LogP contribution is 2.28. The fourth-order valence-corrected chi connectivity index (χ4v) is 4.00. The summed E-state index contributed by atoms with van der Waals surface area (Å²) in [5, 5.41) is 5.72. The fraction of sp³-hybridized carbons (Fsp3) is 0.476. The Bertz CT molecular complexity index is 901. The van der Waals surface area contributed by atoms with E-state index in [-0.39, 0.29) is 31.3 Å². The van der Waals surface area contributed by atoms with E-state index in [0.717, 1.165) is 37.4 Å². The van der Waals surface area contributed by atoms with Crippen LogP contribution in [0.4, 0.5) is 14.4 Å². The molecule has 32 heavy (non-hydrogen) atoms. The normalized spacial score (nSPS) is 13.7. The van der Waals surface area contributed by atoms with Crippen molar-refractivity contribution in [3.05, 3.63) is 36.3 Å². The van der Waals surface area contributed by atoms with Gasteiger partial charge < -0.3 is 25.2 Å². The van der Waals surface area contributed by atoms with E-state index in [9.17, 15) is 13.5 Å². The number of halogens is 1. The Labute approximate surface area is 191 Å². The number of amides is 2. The Balaban J connectivity index is 1.74. The van der Waals surface area contributed by atoms with Crippen LogP contribution in [0.1, 0.15) is 19.2 Å². The summed E-state index contributed by atoms with van der Waals surface area (Å²) in [4.78, 5) is 32.0. The van der Waals surface area contributed by atoms with Gasteiger partial charge in [0, 0.05) is 44.0 Å². The molecular formula is C21H29FN6O3S. The number of aromatic nitrogens is 2. The van der Waals surface area contributed by atoms with Gasteiger partial charge in [0.1, 0.15) is 12.4 Å². The largest absolute Gasteiger partial charge is 0.453 e. The third-order valence-electron chi connectivity index (χ3n) is 5.25. The summed E-state index contributed by atoms with van der Waals surface area (Å²) in [5.41, 5.74) is 2.59. The summed E-state index contributed by atoms with van der Waals surface area (Å²) >= 11 is 0.0573. The number of rotatable bonds is 9. The predicted octanol–water partition coefficient (Wildman–Crippen LogP) is 2.44. The van der Waals surface area contributed by atoms with Crippen LogP contribution in [0.2, 0.25) is 0 Å². The van der Waals surface area contributed by atoms with E-state index in [4.69, 9.17) is 0 Å². The van der Waals surface area contributed by atoms with Crippen molar-refractivity contribution in [3.8, 4) is 11.3 Å². The standard InChI is InChI=1S/C21H29FN6O3S/c1-3-10-27(20(29)14-25-21(30)31-2)15-19-24-13-18(28(19)32-22)16-4-6-17(7-5-16)26-11-8-23-9-12-26/h4-7,13,23H,3,8-12,14-15H2,1-2H3,(H,25,30). The number of piperazine rings is 1. The molecular weight excluding hydrogens is 435 g/mol. The Kier molecular flexibility index (Phi) is 8.74. The Morgan fingerprint density at radius 3 is 2.62 bits per heavy atom. The Hall–Kier alpha value is -2.79. The molecule has 0 saturated carbocycles. The maximum Gasteiger partial charge on any atom is 0.407 e. The zero-order valence-corrected chi connectivity index (χ0v) is 19.2. The van der Waals surface area contributed by atoms with Crippen molar-refractivity contribution in [2.45, 2.75) is 19.9 Å². The molecule has 0 bridgehead atoms. The second kappa shape index (κ2) is 11.7. The lowest BCUT2D eigenvalue weighted by Gasteiger charge is -2.29. The van der Waals surface area contributed by atoms with Crippen molar-refractivity contribution >= 4 is 30.0 Å². The number of imidazole rings is 1. The molecule has 2 amide bonds. The van der Waals surface area contributed by atoms with E-state index in [1.165, 1.54) is 11.1 Å². The van der Waals surface area contributed by atoms with Crippen LogP contribution in [0.15, 0.2) is 30.5 Å². The monoisotopic (exact) mass is 464 g/mol. The van der Waals surface area contributed by atoms with Crippen LogP contribution in [-0.4, -0.2) is 72.2 Å². The molecule has 0 spiro atoms. The number of hydrogen-bond acceptors (Lipinski definition) is 7. The minimum absolute atomic E-state index is 0.0573. The second-order valence-corrected chi connectivity index (χ2v) is 7.87. The van der Waals surface area contributed by atoms with Gasteiger partial charge in [0.15, 0.2) is 12.3 Å². The van der Waals surface area contributed by atoms with Crippen molar-refractivity contribution in [3.63, 3.8) is 0 Å². The molecule has 1 fully saturated rings. The lowest BCUT2D eigenvalue weighted by molar-refractivity contribution is -0.130. The van der Waals surface area contributed by atoms with Crippen LogP contribution in [0.5, 0.6) is 0 Å². The number of methoxy groups -OCH3 is 1. The number of hydrogen-bond donors (Lipinski definition) is 2. The van der Waals surface area contributed by atoms with Crippen molar-refractivity contribution in [1.82, 2.24) is 24.5 Å². The van der Waals surface area contributed by atoms with E-state index in [0.29, 0.717) is 24.5 Å². The van der Waals surface area contributed by atoms with Crippen LogP contribution < -0.4 is 15.5 Å². The number of ether oxygens (including phenoxy) is 1. The van der Waals surface area contributed by atoms with E-state index in [2.05, 4.69) is 25.3 Å². The molecule has 0 radical (unpaired) electrons. The van der Waals surface area contributed by atoms with Crippen molar-refractivity contribution in [2.75, 3.05) is 51.3 Å². The SMILES string of the molecule is CCCN(Cc1ncc(-c2ccc(N3CCNCC3)cc2)n1SF)C(=O)CNC(=O)OC. The van der Waals surface area contributed by atoms with Crippen LogP contribution in [-0.2, 0) is 16.1 Å². The fourth-order valence-electron chi connectivity index (χ4n) is 3.58. The predicted molar refractivity (Wildman–Crippen MR) is 123 cm³/mol. The summed E-state index contributed by atoms with van der Waals surface area (Å²) in [7, 11) is 1.23. The maximum absolute atomic E-state index is 13.9. The van der Waals surface area contributed by atoms with Gasteiger partial charge in [-0.05, 0) is 18.6 Å². The van der Waals surface area contributed by atoms with Crippen LogP contribution in [0, 0.1) is 0 Å². The Morgan fingerprint density at radius 1 is 1.28 bits per heavy atom. The van der Waals surface area contributed by atoms with Crippen LogP contribution >= 0.6 is 12.3 Å². The number of benzene rings is 1. The molecule has 0 unspecified atom stereocenters. The molecule has 2 aromatic rings. The number of nitrogens with one attached hydrogen (secondary N) is 2. The number of nitrogens with zero attached hydrogens (tertiary/aromatic N) is 4. The van der Waals surface area contributed by atoms with Gasteiger partial charge in [-0.2, -0.15) is 0 Å². The number of anilines is 1. The molecule has 9 nitrogen and oxygen atoms in total. The number of carbonyl (C=O) groups excluding carboxylic acids is 2. The van der Waals surface area contributed by atoms with Gasteiger partial charge >= 0.3 is 6.09 Å². The molecule has 1 saturated heterocycles. The molecule has 1 aliphatic heterocycles. The lowest BCUT2D eigenvalue weighted by atomic mass is 10.1. The van der Waals surface area contributed by atoms with Crippen LogP contribution in [0.25, 0.3) is 11.3 Å². The third kappa shape index (κ3) is 5.92. The zero-order valence-electron chi connectivity index (χ0n) is 18.3. The first kappa shape index (κ1) is 23.9. The molecule has 0 atom stereocenters. The zero-order chi connectivity index (χ0) is 22.9. The van der Waals surface area contributed by atoms with E-state index in [1.54, 1.807) is 11.1 Å². The van der Waals surface area contributed by atoms with Gasteiger partial charge in [-0.3, -0.25) is 4.79 Å². The minimum Gasteiger partial charge on any atom is -0.453 e. The quantitative estimate of drug-likeness (QED) is 0.589. The molecule has 0 aliphatic carbocycles. The van der Waals surface area contributed by atoms with Gasteiger partial charge in [-0.15, -0.1) is 3.89 Å². The first-order valence-electron chi connectivity index (χ1n) is 10.6. The van der Waals surface area contributed by atoms with Crippen LogP contribution in [0.3, 0.4) is 0 Å². The summed E-state index contributed by atoms with van der Waals surface area (Å²) in [6, 6.07) is 7.98. The highest BCUT2D eigenvalue weighted by Gasteiger charge is 2.20. The molecule has 11 heteroatoms. The average molecular weight is 465 g/mol. The maximum atomic E-state index is 13.9. The Morgan fingerprint density at radius 2 is 2.00 bits per heavy atom. The summed E-state index contributed by atoms with van der Waals surface area (Å²) in [6.07, 6.45) is 1.65. The molecule has 2 N–H and O–H groups in total. The molecule has 1 aromatic heterocycles. The second-order valence-electron chi connectivity index (χ2n) is 7.37. The van der Waals surface area contributed by atoms with Gasteiger partial charge in [0.2, 0.25) is 5.91 Å². The summed E-state index contributed by atoms with van der Waals surface area (Å²) in [5.74, 6) is 0.121. The third-order valence-corrected chi connectivity index (χ3v) is 5.80. The van der Waals surface area contributed by atoms with Gasteiger partial charge in [0.05, 0.1) is 25.5 Å². The summed E-state index contributed by atoms with van der Waals surface area (Å²) in [6.45, 7) is 6.15. The van der Waals surface area contributed by atoms with Crippen molar-refractivity contribution < 1.29 is 18.2 Å². The van der Waals surface area contributed by atoms with Gasteiger partial charge in [0.25, 0.3) is 0 Å². The summed E-state index contributed by atoms with van der Waals surface area (Å²) < 4.78 is 19.8. The van der Waals surface area contributed by atoms with Gasteiger partial charge in [-0.1, -0.05) is 19.1 Å². The minimum atomic E-state index is -0.679. The first-order valence-corrected chi connectivity index (χ1v) is 11.3. The molecule has 2 heterocycles.